The molecule has 0 aliphatic heterocycles. The van der Waals surface area contributed by atoms with E-state index in [9.17, 15) is 9.90 Å². The van der Waals surface area contributed by atoms with Crippen molar-refractivity contribution in [2.45, 2.75) is 77.2 Å². The molecular formula is C22H36O3. The van der Waals surface area contributed by atoms with Crippen molar-refractivity contribution in [3.63, 3.8) is 0 Å². The number of hydrogen-bond acceptors (Lipinski definition) is 3. The SMILES string of the molecule is COC[C@@]1(O)CC[C@H]2[C@@H](CC[C@H]3C4CC[C@H](C(C)=O)C4(C)CC[C@H]23)C1. The van der Waals surface area contributed by atoms with E-state index in [1.165, 1.54) is 38.5 Å². The van der Waals surface area contributed by atoms with Gasteiger partial charge < -0.3 is 9.84 Å². The lowest BCUT2D eigenvalue weighted by Crippen LogP contribution is -2.52. The minimum absolute atomic E-state index is 0.269. The fourth-order valence-corrected chi connectivity index (χ4v) is 8.03. The smallest absolute Gasteiger partial charge is 0.133 e. The van der Waals surface area contributed by atoms with Crippen molar-refractivity contribution in [1.29, 1.82) is 0 Å². The molecule has 0 bridgehead atoms. The monoisotopic (exact) mass is 348 g/mol. The molecule has 25 heavy (non-hydrogen) atoms. The van der Waals surface area contributed by atoms with Gasteiger partial charge in [-0.3, -0.25) is 4.79 Å². The minimum atomic E-state index is -0.584. The highest BCUT2D eigenvalue weighted by Gasteiger charge is 2.58. The minimum Gasteiger partial charge on any atom is -0.387 e. The van der Waals surface area contributed by atoms with Gasteiger partial charge >= 0.3 is 0 Å². The standard InChI is InChI=1S/C22H36O3/c1-14(23)19-6-7-20-18-5-4-15-12-22(24,13-25-3)11-9-16(15)17(18)8-10-21(19,20)2/h15-20,24H,4-13H2,1-3H3/t15-,16-,17+,18+,19+,20?,21?,22+/m0/s1. The third-order valence-electron chi connectivity index (χ3n) is 9.01. The molecule has 142 valence electrons. The summed E-state index contributed by atoms with van der Waals surface area (Å²) in [5, 5.41) is 10.8. The molecule has 4 aliphatic carbocycles. The van der Waals surface area contributed by atoms with Gasteiger partial charge in [0.1, 0.15) is 5.78 Å². The molecule has 4 rings (SSSR count). The van der Waals surface area contributed by atoms with E-state index >= 15 is 0 Å². The Morgan fingerprint density at radius 1 is 1.04 bits per heavy atom. The second-order valence-corrected chi connectivity index (χ2v) is 10.1. The van der Waals surface area contributed by atoms with Crippen molar-refractivity contribution < 1.29 is 14.6 Å². The van der Waals surface area contributed by atoms with E-state index in [1.807, 2.05) is 6.92 Å². The van der Waals surface area contributed by atoms with Crippen LogP contribution in [0.5, 0.6) is 0 Å². The van der Waals surface area contributed by atoms with Crippen molar-refractivity contribution in [3.8, 4) is 0 Å². The lowest BCUT2D eigenvalue weighted by molar-refractivity contribution is -0.134. The summed E-state index contributed by atoms with van der Waals surface area (Å²) in [5.41, 5.74) is -0.315. The Kier molecular flexibility index (Phi) is 4.56. The molecule has 3 heteroatoms. The van der Waals surface area contributed by atoms with Gasteiger partial charge in [0.25, 0.3) is 0 Å². The summed E-state index contributed by atoms with van der Waals surface area (Å²) in [5.74, 6) is 4.67. The fourth-order valence-electron chi connectivity index (χ4n) is 8.03. The van der Waals surface area contributed by atoms with Gasteiger partial charge in [-0.1, -0.05) is 6.92 Å². The molecule has 8 atom stereocenters. The van der Waals surface area contributed by atoms with Crippen LogP contribution in [0.3, 0.4) is 0 Å². The number of ketones is 1. The molecule has 3 nitrogen and oxygen atoms in total. The molecular weight excluding hydrogens is 312 g/mol. The van der Waals surface area contributed by atoms with E-state index in [0.29, 0.717) is 24.2 Å². The first kappa shape index (κ1) is 18.0. The van der Waals surface area contributed by atoms with Gasteiger partial charge in [0.2, 0.25) is 0 Å². The van der Waals surface area contributed by atoms with E-state index in [1.54, 1.807) is 7.11 Å². The summed E-state index contributed by atoms with van der Waals surface area (Å²) in [7, 11) is 1.70. The van der Waals surface area contributed by atoms with Crippen LogP contribution >= 0.6 is 0 Å². The van der Waals surface area contributed by atoms with Crippen LogP contribution in [0, 0.1) is 40.9 Å². The van der Waals surface area contributed by atoms with Gasteiger partial charge in [0.15, 0.2) is 0 Å². The zero-order chi connectivity index (χ0) is 17.8. The highest BCUT2D eigenvalue weighted by molar-refractivity contribution is 5.79. The fraction of sp³-hybridized carbons (Fsp3) is 0.955. The molecule has 0 heterocycles. The molecule has 0 radical (unpaired) electrons. The Morgan fingerprint density at radius 3 is 2.52 bits per heavy atom. The highest BCUT2D eigenvalue weighted by atomic mass is 16.5. The van der Waals surface area contributed by atoms with E-state index in [0.717, 1.165) is 42.9 Å². The molecule has 0 aromatic carbocycles. The molecule has 0 aromatic heterocycles. The summed E-state index contributed by atoms with van der Waals surface area (Å²) >= 11 is 0. The molecule has 0 saturated heterocycles. The van der Waals surface area contributed by atoms with Gasteiger partial charge in [-0.05, 0) is 99.7 Å². The first-order valence-corrected chi connectivity index (χ1v) is 10.6. The summed E-state index contributed by atoms with van der Waals surface area (Å²) in [6.07, 6.45) is 10.6. The number of fused-ring (bicyclic) bond motifs is 5. The van der Waals surface area contributed by atoms with Crippen LogP contribution in [0.4, 0.5) is 0 Å². The molecule has 1 N–H and O–H groups in total. The van der Waals surface area contributed by atoms with Gasteiger partial charge in [-0.15, -0.1) is 0 Å². The van der Waals surface area contributed by atoms with Gasteiger partial charge in [0.05, 0.1) is 12.2 Å². The van der Waals surface area contributed by atoms with Crippen LogP contribution < -0.4 is 0 Å². The number of ether oxygens (including phenoxy) is 1. The zero-order valence-electron chi connectivity index (χ0n) is 16.3. The summed E-state index contributed by atoms with van der Waals surface area (Å²) in [4.78, 5) is 12.2. The van der Waals surface area contributed by atoms with Crippen molar-refractivity contribution in [1.82, 2.24) is 0 Å². The number of rotatable bonds is 3. The van der Waals surface area contributed by atoms with Crippen LogP contribution in [0.25, 0.3) is 0 Å². The summed E-state index contributed by atoms with van der Waals surface area (Å²) < 4.78 is 5.29. The molecule has 4 fully saturated rings. The van der Waals surface area contributed by atoms with Crippen LogP contribution in [0.2, 0.25) is 0 Å². The quantitative estimate of drug-likeness (QED) is 0.830. The molecule has 0 aromatic rings. The average molecular weight is 349 g/mol. The predicted octanol–water partition coefficient (Wildman–Crippen LogP) is 4.22. The van der Waals surface area contributed by atoms with Crippen LogP contribution in [-0.4, -0.2) is 30.2 Å². The Balaban J connectivity index is 1.51. The Morgan fingerprint density at radius 2 is 1.80 bits per heavy atom. The Bertz CT molecular complexity index is 531. The third kappa shape index (κ3) is 2.81. The molecule has 2 unspecified atom stereocenters. The first-order chi connectivity index (χ1) is 11.9. The summed E-state index contributed by atoms with van der Waals surface area (Å²) in [6, 6.07) is 0. The summed E-state index contributed by atoms with van der Waals surface area (Å²) in [6.45, 7) is 4.74. The van der Waals surface area contributed by atoms with E-state index in [2.05, 4.69) is 6.92 Å². The maximum Gasteiger partial charge on any atom is 0.133 e. The van der Waals surface area contributed by atoms with Crippen LogP contribution in [0.1, 0.15) is 71.6 Å². The molecule has 4 aliphatic rings. The molecule has 0 amide bonds. The van der Waals surface area contributed by atoms with Crippen molar-refractivity contribution in [3.05, 3.63) is 0 Å². The second kappa shape index (κ2) is 6.34. The lowest BCUT2D eigenvalue weighted by Gasteiger charge is -2.57. The number of Topliss-reactive ketones (excluding diaryl/α,β-unsaturated/α-hetero) is 1. The Hall–Kier alpha value is -0.410. The van der Waals surface area contributed by atoms with Crippen LogP contribution in [-0.2, 0) is 9.53 Å². The number of aliphatic hydroxyl groups is 1. The van der Waals surface area contributed by atoms with Gasteiger partial charge in [-0.25, -0.2) is 0 Å². The maximum absolute atomic E-state index is 12.2. The highest BCUT2D eigenvalue weighted by Crippen LogP contribution is 2.64. The first-order valence-electron chi connectivity index (χ1n) is 10.6. The van der Waals surface area contributed by atoms with Crippen molar-refractivity contribution >= 4 is 5.78 Å². The van der Waals surface area contributed by atoms with E-state index in [-0.39, 0.29) is 5.41 Å². The van der Waals surface area contributed by atoms with Crippen molar-refractivity contribution in [2.75, 3.05) is 13.7 Å². The van der Waals surface area contributed by atoms with Gasteiger partial charge in [-0.2, -0.15) is 0 Å². The number of carbonyl (C=O) groups is 1. The third-order valence-corrected chi connectivity index (χ3v) is 9.01. The predicted molar refractivity (Wildman–Crippen MR) is 98.1 cm³/mol. The largest absolute Gasteiger partial charge is 0.387 e. The van der Waals surface area contributed by atoms with Crippen molar-refractivity contribution in [2.24, 2.45) is 40.9 Å². The normalized spacial score (nSPS) is 52.2. The number of methoxy groups -OCH3 is 1. The Labute approximate surface area is 152 Å². The number of carbonyl (C=O) groups excluding carboxylic acids is 1. The molecule has 4 saturated carbocycles. The zero-order valence-corrected chi connectivity index (χ0v) is 16.3. The average Bonchev–Trinajstić information content (AvgIpc) is 2.91. The van der Waals surface area contributed by atoms with Gasteiger partial charge in [0, 0.05) is 13.0 Å². The number of hydrogen-bond donors (Lipinski definition) is 1. The van der Waals surface area contributed by atoms with Crippen LogP contribution in [0.15, 0.2) is 0 Å². The van der Waals surface area contributed by atoms with E-state index in [4.69, 9.17) is 4.74 Å². The second-order valence-electron chi connectivity index (χ2n) is 10.1. The maximum atomic E-state index is 12.2. The topological polar surface area (TPSA) is 46.5 Å². The molecule has 0 spiro atoms. The van der Waals surface area contributed by atoms with E-state index < -0.39 is 5.60 Å². The lowest BCUT2D eigenvalue weighted by atomic mass is 9.49.